The van der Waals surface area contributed by atoms with Crippen molar-refractivity contribution in [2.24, 2.45) is 0 Å². The third-order valence-corrected chi connectivity index (χ3v) is 3.35. The van der Waals surface area contributed by atoms with Gasteiger partial charge in [0.05, 0.1) is 19.3 Å². The van der Waals surface area contributed by atoms with Crippen LogP contribution in [-0.2, 0) is 6.54 Å². The van der Waals surface area contributed by atoms with Crippen molar-refractivity contribution in [1.82, 2.24) is 25.5 Å². The number of carbonyl (C=O) groups is 1. The van der Waals surface area contributed by atoms with E-state index in [1.54, 1.807) is 43.5 Å². The molecule has 122 valence electrons. The van der Waals surface area contributed by atoms with Crippen LogP contribution in [0.3, 0.4) is 0 Å². The zero-order chi connectivity index (χ0) is 16.9. The van der Waals surface area contributed by atoms with E-state index in [1.807, 2.05) is 0 Å². The highest BCUT2D eigenvalue weighted by molar-refractivity contribution is 5.94. The molecule has 0 atom stereocenters. The summed E-state index contributed by atoms with van der Waals surface area (Å²) in [6.45, 7) is 0.106. The number of amides is 1. The van der Waals surface area contributed by atoms with Crippen LogP contribution in [0, 0.1) is 5.82 Å². The van der Waals surface area contributed by atoms with Gasteiger partial charge in [-0.2, -0.15) is 4.68 Å². The van der Waals surface area contributed by atoms with Gasteiger partial charge in [0.15, 0.2) is 5.82 Å². The van der Waals surface area contributed by atoms with Gasteiger partial charge in [-0.25, -0.2) is 4.39 Å². The maximum absolute atomic E-state index is 13.3. The topological polar surface area (TPSA) is 81.9 Å². The molecule has 7 nitrogen and oxygen atoms in total. The SMILES string of the molecule is COc1ccc(C(=O)NCc2nnnn2-c2cccc(F)c2)cc1. The van der Waals surface area contributed by atoms with Crippen LogP contribution in [0.2, 0.25) is 0 Å². The van der Waals surface area contributed by atoms with E-state index in [9.17, 15) is 9.18 Å². The van der Waals surface area contributed by atoms with Gasteiger partial charge in [-0.15, -0.1) is 5.10 Å². The number of benzene rings is 2. The van der Waals surface area contributed by atoms with Gasteiger partial charge in [0.2, 0.25) is 0 Å². The van der Waals surface area contributed by atoms with Crippen LogP contribution in [0.25, 0.3) is 5.69 Å². The van der Waals surface area contributed by atoms with Crippen molar-refractivity contribution in [3.63, 3.8) is 0 Å². The molecule has 0 spiro atoms. The van der Waals surface area contributed by atoms with Crippen LogP contribution in [0.15, 0.2) is 48.5 Å². The molecule has 0 unspecified atom stereocenters. The molecule has 24 heavy (non-hydrogen) atoms. The Morgan fingerprint density at radius 2 is 2.04 bits per heavy atom. The van der Waals surface area contributed by atoms with Crippen molar-refractivity contribution in [3.8, 4) is 11.4 Å². The molecule has 1 N–H and O–H groups in total. The van der Waals surface area contributed by atoms with Crippen molar-refractivity contribution in [2.75, 3.05) is 7.11 Å². The maximum atomic E-state index is 13.3. The zero-order valence-corrected chi connectivity index (χ0v) is 12.8. The Hall–Kier alpha value is -3.29. The molecule has 0 radical (unpaired) electrons. The van der Waals surface area contributed by atoms with Gasteiger partial charge in [-0.1, -0.05) is 6.07 Å². The fourth-order valence-electron chi connectivity index (χ4n) is 2.13. The molecule has 0 bridgehead atoms. The van der Waals surface area contributed by atoms with Crippen molar-refractivity contribution >= 4 is 5.91 Å². The lowest BCUT2D eigenvalue weighted by Crippen LogP contribution is -2.24. The molecule has 2 aromatic carbocycles. The monoisotopic (exact) mass is 327 g/mol. The maximum Gasteiger partial charge on any atom is 0.251 e. The summed E-state index contributed by atoms with van der Waals surface area (Å²) >= 11 is 0. The minimum Gasteiger partial charge on any atom is -0.497 e. The van der Waals surface area contributed by atoms with Gasteiger partial charge in [0.25, 0.3) is 5.91 Å². The molecule has 8 heteroatoms. The number of aromatic nitrogens is 4. The summed E-state index contributed by atoms with van der Waals surface area (Å²) in [7, 11) is 1.56. The van der Waals surface area contributed by atoms with Crippen LogP contribution in [0.1, 0.15) is 16.2 Å². The summed E-state index contributed by atoms with van der Waals surface area (Å²) in [5, 5.41) is 14.0. The quantitative estimate of drug-likeness (QED) is 0.772. The second-order valence-corrected chi connectivity index (χ2v) is 4.90. The normalized spacial score (nSPS) is 10.4. The number of ether oxygens (including phenoxy) is 1. The Labute approximate surface area is 137 Å². The van der Waals surface area contributed by atoms with Crippen molar-refractivity contribution in [3.05, 3.63) is 65.7 Å². The van der Waals surface area contributed by atoms with E-state index in [4.69, 9.17) is 4.74 Å². The minimum absolute atomic E-state index is 0.106. The lowest BCUT2D eigenvalue weighted by Gasteiger charge is -2.07. The molecule has 3 aromatic rings. The molecule has 1 heterocycles. The smallest absolute Gasteiger partial charge is 0.251 e. The number of nitrogens with one attached hydrogen (secondary N) is 1. The minimum atomic E-state index is -0.392. The Morgan fingerprint density at radius 1 is 1.25 bits per heavy atom. The lowest BCUT2D eigenvalue weighted by molar-refractivity contribution is 0.0949. The number of hydrogen-bond acceptors (Lipinski definition) is 5. The van der Waals surface area contributed by atoms with E-state index >= 15 is 0 Å². The molecule has 0 aliphatic heterocycles. The Morgan fingerprint density at radius 3 is 2.75 bits per heavy atom. The number of halogens is 1. The largest absolute Gasteiger partial charge is 0.497 e. The highest BCUT2D eigenvalue weighted by Gasteiger charge is 2.11. The summed E-state index contributed by atoms with van der Waals surface area (Å²) < 4.78 is 19.7. The van der Waals surface area contributed by atoms with E-state index in [0.29, 0.717) is 22.8 Å². The van der Waals surface area contributed by atoms with Crippen LogP contribution < -0.4 is 10.1 Å². The van der Waals surface area contributed by atoms with Crippen LogP contribution in [-0.4, -0.2) is 33.2 Å². The van der Waals surface area contributed by atoms with Gasteiger partial charge < -0.3 is 10.1 Å². The van der Waals surface area contributed by atoms with Crippen LogP contribution in [0.5, 0.6) is 5.75 Å². The second kappa shape index (κ2) is 6.86. The van der Waals surface area contributed by atoms with Crippen molar-refractivity contribution < 1.29 is 13.9 Å². The highest BCUT2D eigenvalue weighted by atomic mass is 19.1. The molecule has 1 amide bonds. The Bertz CT molecular complexity index is 848. The first-order valence-electron chi connectivity index (χ1n) is 7.13. The first kappa shape index (κ1) is 15.6. The first-order chi connectivity index (χ1) is 11.7. The van der Waals surface area contributed by atoms with E-state index < -0.39 is 5.82 Å². The fraction of sp³-hybridized carbons (Fsp3) is 0.125. The molecule has 0 fully saturated rings. The molecule has 0 aliphatic rings. The summed E-state index contributed by atoms with van der Waals surface area (Å²) in [4.78, 5) is 12.2. The van der Waals surface area contributed by atoms with E-state index in [0.717, 1.165) is 0 Å². The standard InChI is InChI=1S/C16H14FN5O2/c1-24-14-7-5-11(6-8-14)16(23)18-10-15-19-20-21-22(15)13-4-2-3-12(17)9-13/h2-9H,10H2,1H3,(H,18,23). The van der Waals surface area contributed by atoms with Crippen molar-refractivity contribution in [1.29, 1.82) is 0 Å². The van der Waals surface area contributed by atoms with Crippen LogP contribution >= 0.6 is 0 Å². The number of tetrazole rings is 1. The van der Waals surface area contributed by atoms with Gasteiger partial charge in [0, 0.05) is 5.56 Å². The molecular weight excluding hydrogens is 313 g/mol. The average Bonchev–Trinajstić information content (AvgIpc) is 3.08. The Kier molecular flexibility index (Phi) is 4.46. The predicted molar refractivity (Wildman–Crippen MR) is 83.3 cm³/mol. The van der Waals surface area contributed by atoms with Gasteiger partial charge in [-0.05, 0) is 52.9 Å². The van der Waals surface area contributed by atoms with Gasteiger partial charge >= 0.3 is 0 Å². The third kappa shape index (κ3) is 3.37. The number of methoxy groups -OCH3 is 1. The van der Waals surface area contributed by atoms with Gasteiger partial charge in [-0.3, -0.25) is 4.79 Å². The molecule has 1 aromatic heterocycles. The predicted octanol–water partition coefficient (Wildman–Crippen LogP) is 1.74. The summed E-state index contributed by atoms with van der Waals surface area (Å²) in [5.74, 6) is 0.395. The summed E-state index contributed by atoms with van der Waals surface area (Å²) in [6.07, 6.45) is 0. The van der Waals surface area contributed by atoms with Crippen LogP contribution in [0.4, 0.5) is 4.39 Å². The number of rotatable bonds is 5. The van der Waals surface area contributed by atoms with E-state index in [2.05, 4.69) is 20.8 Å². The second-order valence-electron chi connectivity index (χ2n) is 4.90. The van der Waals surface area contributed by atoms with Gasteiger partial charge in [0.1, 0.15) is 11.6 Å². The summed E-state index contributed by atoms with van der Waals surface area (Å²) in [5.41, 5.74) is 0.967. The average molecular weight is 327 g/mol. The molecular formula is C16H14FN5O2. The number of nitrogens with zero attached hydrogens (tertiary/aromatic N) is 4. The third-order valence-electron chi connectivity index (χ3n) is 3.35. The lowest BCUT2D eigenvalue weighted by atomic mass is 10.2. The molecule has 3 rings (SSSR count). The fourth-order valence-corrected chi connectivity index (χ4v) is 2.13. The van der Waals surface area contributed by atoms with Crippen molar-refractivity contribution in [2.45, 2.75) is 6.54 Å². The molecule has 0 saturated carbocycles. The zero-order valence-electron chi connectivity index (χ0n) is 12.8. The molecule has 0 saturated heterocycles. The number of hydrogen-bond donors (Lipinski definition) is 1. The first-order valence-corrected chi connectivity index (χ1v) is 7.13. The summed E-state index contributed by atoms with van der Waals surface area (Å²) in [6, 6.07) is 12.6. The van der Waals surface area contributed by atoms with E-state index in [1.165, 1.54) is 16.8 Å². The Balaban J connectivity index is 1.71. The molecule has 0 aliphatic carbocycles. The highest BCUT2D eigenvalue weighted by Crippen LogP contribution is 2.12. The van der Waals surface area contributed by atoms with E-state index in [-0.39, 0.29) is 12.5 Å². The number of carbonyl (C=O) groups excluding carboxylic acids is 1.